The van der Waals surface area contributed by atoms with Gasteiger partial charge in [-0.2, -0.15) is 0 Å². The first-order valence-electron chi connectivity index (χ1n) is 19.8. The molecule has 5 aliphatic rings. The number of fused-ring (bicyclic) bond motifs is 8. The molecule has 13 nitrogen and oxygen atoms in total. The highest BCUT2D eigenvalue weighted by molar-refractivity contribution is 7.19. The number of rotatable bonds is 6. The van der Waals surface area contributed by atoms with E-state index >= 15 is 0 Å². The number of carboxylic acid groups (broad SMARTS) is 1. The molecule has 0 bridgehead atoms. The van der Waals surface area contributed by atoms with E-state index in [1.54, 1.807) is 35.3 Å². The van der Waals surface area contributed by atoms with Crippen molar-refractivity contribution in [2.45, 2.75) is 51.6 Å². The molecule has 0 unspecified atom stereocenters. The van der Waals surface area contributed by atoms with Gasteiger partial charge in [0.1, 0.15) is 34.0 Å². The Kier molecular flexibility index (Phi) is 9.66. The van der Waals surface area contributed by atoms with E-state index in [-0.39, 0.29) is 11.8 Å². The highest BCUT2D eigenvalue weighted by atomic mass is 32.1. The summed E-state index contributed by atoms with van der Waals surface area (Å²) in [7, 11) is 2.12. The van der Waals surface area contributed by atoms with Crippen molar-refractivity contribution >= 4 is 90.4 Å². The number of thiophene rings is 2. The number of aryl methyl sites for hydroxylation is 2. The minimum atomic E-state index is -0.711. The Morgan fingerprint density at radius 2 is 1.22 bits per heavy atom. The van der Waals surface area contributed by atoms with E-state index in [2.05, 4.69) is 87.7 Å². The monoisotopic (exact) mass is 810 g/mol. The summed E-state index contributed by atoms with van der Waals surface area (Å²) in [5.74, 6) is 1.04. The number of anilines is 4. The van der Waals surface area contributed by atoms with Gasteiger partial charge in [-0.25, -0.2) is 19.9 Å². The predicted molar refractivity (Wildman–Crippen MR) is 230 cm³/mol. The molecule has 3 aliphatic heterocycles. The van der Waals surface area contributed by atoms with Gasteiger partial charge in [-0.1, -0.05) is 12.1 Å². The number of benzene rings is 2. The molecular weight excluding hydrogens is 769 g/mol. The molecule has 1 fully saturated rings. The maximum atomic E-state index is 13.1. The van der Waals surface area contributed by atoms with Gasteiger partial charge in [0.2, 0.25) is 5.91 Å². The van der Waals surface area contributed by atoms with Crippen LogP contribution in [0.15, 0.2) is 59.0 Å². The number of carbonyl (C=O) groups excluding carboxylic acids is 1. The fourth-order valence-corrected chi connectivity index (χ4v) is 11.3. The summed E-state index contributed by atoms with van der Waals surface area (Å²) in [6.45, 7) is 5.12. The minimum Gasteiger partial charge on any atom is -0.481 e. The fraction of sp³-hybridized carbons (Fsp3) is 0.349. The molecule has 0 spiro atoms. The van der Waals surface area contributed by atoms with Crippen molar-refractivity contribution in [3.8, 4) is 0 Å². The Hall–Kier alpha value is -5.64. The second-order valence-corrected chi connectivity index (χ2v) is 17.8. The smallest absolute Gasteiger partial charge is 0.306 e. The molecule has 15 heteroatoms. The lowest BCUT2D eigenvalue weighted by Gasteiger charge is -2.35. The highest BCUT2D eigenvalue weighted by Crippen LogP contribution is 2.42. The Morgan fingerprint density at radius 3 is 1.76 bits per heavy atom. The number of piperazine rings is 1. The number of aliphatic carboxylic acids is 1. The minimum absolute atomic E-state index is 0.0827. The summed E-state index contributed by atoms with van der Waals surface area (Å²) in [6, 6.07) is 12.6. The number of nitrogens with zero attached hydrogens (tertiary/aromatic N) is 8. The Morgan fingerprint density at radius 1 is 0.707 bits per heavy atom. The zero-order valence-corrected chi connectivity index (χ0v) is 33.7. The lowest BCUT2D eigenvalue weighted by Crippen LogP contribution is -2.49. The summed E-state index contributed by atoms with van der Waals surface area (Å²) in [4.78, 5) is 59.8. The zero-order chi connectivity index (χ0) is 39.3. The van der Waals surface area contributed by atoms with Gasteiger partial charge in [0, 0.05) is 65.7 Å². The normalized spacial score (nSPS) is 19.3. The molecular formula is C43H42N10O3S2. The molecule has 2 atom stereocenters. The summed E-state index contributed by atoms with van der Waals surface area (Å²) in [5, 5.41) is 18.4. The van der Waals surface area contributed by atoms with Crippen LogP contribution in [0.25, 0.3) is 20.4 Å². The molecule has 2 aromatic carbocycles. The van der Waals surface area contributed by atoms with Gasteiger partial charge >= 0.3 is 5.97 Å². The van der Waals surface area contributed by atoms with Gasteiger partial charge in [0.15, 0.2) is 0 Å². The van der Waals surface area contributed by atoms with Crippen LogP contribution in [0, 0.1) is 11.8 Å². The summed E-state index contributed by atoms with van der Waals surface area (Å²) >= 11 is 3.31. The van der Waals surface area contributed by atoms with Crippen LogP contribution in [0.4, 0.5) is 23.0 Å². The Labute approximate surface area is 343 Å². The van der Waals surface area contributed by atoms with Crippen molar-refractivity contribution < 1.29 is 14.7 Å². The van der Waals surface area contributed by atoms with Crippen molar-refractivity contribution in [1.29, 1.82) is 0 Å². The maximum absolute atomic E-state index is 13.1. The quantitative estimate of drug-likeness (QED) is 0.163. The maximum Gasteiger partial charge on any atom is 0.306 e. The van der Waals surface area contributed by atoms with Crippen LogP contribution in [-0.2, 0) is 48.4 Å². The van der Waals surface area contributed by atoms with Crippen molar-refractivity contribution in [3.05, 3.63) is 92.2 Å². The van der Waals surface area contributed by atoms with E-state index in [0.29, 0.717) is 18.7 Å². The van der Waals surface area contributed by atoms with Crippen molar-refractivity contribution in [2.24, 2.45) is 21.8 Å². The third-order valence-electron chi connectivity index (χ3n) is 12.0. The standard InChI is InChI=1S/C24H26N6OS.C19H16N4O2S/c1-29-6-8-30(9-7-29)24(31)15-3-5-19-20(11-15)32-23-21(19)22(26-14-27-23)28-18-4-2-16-12-25-13-17(16)10-18;24-19(25)10-2-4-14-15(6-10)26-18-16(14)17(21-9-22-18)23-13-3-1-11-7-20-8-12(11)5-13/h2,4,10,13-15H,3,5-9,11-12H2,1H3,(H,26,27,28);1,3,5,8-10H,2,4,6-7H2,(H,24,25)(H,21,22,23)/t15-;10-/m11/s1. The van der Waals surface area contributed by atoms with Gasteiger partial charge in [0.25, 0.3) is 0 Å². The molecule has 1 saturated heterocycles. The number of carboxylic acids is 1. The molecule has 0 radical (unpaired) electrons. The van der Waals surface area contributed by atoms with Crippen LogP contribution < -0.4 is 10.6 Å². The van der Waals surface area contributed by atoms with Crippen LogP contribution in [0.5, 0.6) is 0 Å². The summed E-state index contributed by atoms with van der Waals surface area (Å²) < 4.78 is 0. The molecule has 58 heavy (non-hydrogen) atoms. The SMILES string of the molecule is CN1CCN(C(=O)[C@@H]2CCc3c(sc4ncnc(Nc5ccc6c(c5)C=NC6)c34)C2)CC1.O=C(O)[C@@H]1CCc2c(sc3ncnc(Nc4ccc5c(c4)C=NC5)c23)C1. The molecule has 4 aromatic heterocycles. The van der Waals surface area contributed by atoms with Gasteiger partial charge in [-0.05, 0) is 103 Å². The summed E-state index contributed by atoms with van der Waals surface area (Å²) in [5.41, 5.74) is 9.29. The average Bonchev–Trinajstić information content (AvgIpc) is 4.05. The molecule has 6 aromatic rings. The fourth-order valence-electron chi connectivity index (χ4n) is 8.75. The molecule has 0 saturated carbocycles. The lowest BCUT2D eigenvalue weighted by atomic mass is 9.86. The van der Waals surface area contributed by atoms with Gasteiger partial charge in [-0.3, -0.25) is 19.6 Å². The largest absolute Gasteiger partial charge is 0.481 e. The van der Waals surface area contributed by atoms with Crippen LogP contribution in [0.3, 0.4) is 0 Å². The number of hydrogen-bond donors (Lipinski definition) is 3. The van der Waals surface area contributed by atoms with Crippen molar-refractivity contribution in [1.82, 2.24) is 29.7 Å². The van der Waals surface area contributed by atoms with Crippen molar-refractivity contribution in [2.75, 3.05) is 43.9 Å². The third-order valence-corrected chi connectivity index (χ3v) is 14.3. The van der Waals surface area contributed by atoms with Crippen molar-refractivity contribution in [3.63, 3.8) is 0 Å². The predicted octanol–water partition coefficient (Wildman–Crippen LogP) is 6.80. The molecule has 7 heterocycles. The number of amides is 1. The van der Waals surface area contributed by atoms with Crippen LogP contribution in [-0.4, -0.2) is 92.4 Å². The van der Waals surface area contributed by atoms with Crippen LogP contribution in [0.1, 0.15) is 56.0 Å². The molecule has 294 valence electrons. The topological polar surface area (TPSA) is 161 Å². The van der Waals surface area contributed by atoms with Gasteiger partial charge in [-0.15, -0.1) is 22.7 Å². The Balaban J connectivity index is 0.000000144. The second-order valence-electron chi connectivity index (χ2n) is 15.7. The van der Waals surface area contributed by atoms with E-state index in [1.165, 1.54) is 27.1 Å². The van der Waals surface area contributed by atoms with Gasteiger partial charge < -0.3 is 25.5 Å². The third kappa shape index (κ3) is 7.00. The molecule has 11 rings (SSSR count). The number of aliphatic imine (C=N–C) groups is 2. The van der Waals surface area contributed by atoms with E-state index in [1.807, 2.05) is 18.5 Å². The van der Waals surface area contributed by atoms with E-state index in [0.717, 1.165) is 124 Å². The number of nitrogens with one attached hydrogen (secondary N) is 2. The van der Waals surface area contributed by atoms with Crippen LogP contribution >= 0.6 is 22.7 Å². The van der Waals surface area contributed by atoms with E-state index in [9.17, 15) is 14.7 Å². The Bertz CT molecular complexity index is 2660. The lowest BCUT2D eigenvalue weighted by molar-refractivity contribution is -0.142. The first-order chi connectivity index (χ1) is 28.3. The molecule has 1 amide bonds. The zero-order valence-electron chi connectivity index (χ0n) is 32.1. The first kappa shape index (κ1) is 36.7. The first-order valence-corrected chi connectivity index (χ1v) is 21.5. The summed E-state index contributed by atoms with van der Waals surface area (Å²) in [6.07, 6.45) is 11.6. The molecule has 2 aliphatic carbocycles. The molecule has 3 N–H and O–H groups in total. The van der Waals surface area contributed by atoms with E-state index in [4.69, 9.17) is 0 Å². The van der Waals surface area contributed by atoms with E-state index < -0.39 is 5.97 Å². The number of carbonyl (C=O) groups is 2. The second kappa shape index (κ2) is 15.3. The average molecular weight is 811 g/mol. The van der Waals surface area contributed by atoms with Crippen LogP contribution in [0.2, 0.25) is 0 Å². The number of aromatic nitrogens is 4. The van der Waals surface area contributed by atoms with Gasteiger partial charge in [0.05, 0.1) is 29.8 Å². The number of hydrogen-bond acceptors (Lipinski definition) is 13. The highest BCUT2D eigenvalue weighted by Gasteiger charge is 2.33. The number of likely N-dealkylation sites (N-methyl/N-ethyl adjacent to an activating group) is 1.